The summed E-state index contributed by atoms with van der Waals surface area (Å²) in [6.45, 7) is 1.87. The summed E-state index contributed by atoms with van der Waals surface area (Å²) < 4.78 is 10.4. The van der Waals surface area contributed by atoms with E-state index in [0.29, 0.717) is 0 Å². The highest BCUT2D eigenvalue weighted by Crippen LogP contribution is 2.20. The number of carbonyl (C=O) groups excluding carboxylic acids is 2. The predicted octanol–water partition coefficient (Wildman–Crippen LogP) is 3.36. The molecule has 0 fully saturated rings. The number of hydrogen-bond donors (Lipinski definition) is 0. The van der Waals surface area contributed by atoms with Crippen molar-refractivity contribution < 1.29 is 19.1 Å². The Hall–Kier alpha value is -2.62. The quantitative estimate of drug-likeness (QED) is 0.624. The second kappa shape index (κ2) is 7.24. The topological polar surface area (TPSA) is 52.6 Å². The van der Waals surface area contributed by atoms with E-state index in [9.17, 15) is 9.59 Å². The maximum atomic E-state index is 12.1. The van der Waals surface area contributed by atoms with Crippen LogP contribution < -0.4 is 4.74 Å². The lowest BCUT2D eigenvalue weighted by Crippen LogP contribution is -2.11. The number of rotatable bonds is 5. The van der Waals surface area contributed by atoms with E-state index in [1.807, 2.05) is 30.3 Å². The first kappa shape index (κ1) is 14.8. The van der Waals surface area contributed by atoms with Gasteiger partial charge < -0.3 is 9.47 Å². The van der Waals surface area contributed by atoms with Crippen molar-refractivity contribution >= 4 is 11.9 Å². The van der Waals surface area contributed by atoms with Gasteiger partial charge in [-0.15, -0.1) is 0 Å². The van der Waals surface area contributed by atoms with Crippen LogP contribution in [-0.4, -0.2) is 11.9 Å². The van der Waals surface area contributed by atoms with Crippen molar-refractivity contribution in [2.45, 2.75) is 20.0 Å². The van der Waals surface area contributed by atoms with Gasteiger partial charge in [0, 0.05) is 6.42 Å². The van der Waals surface area contributed by atoms with Crippen molar-refractivity contribution in [1.82, 2.24) is 0 Å². The molecule has 0 atom stereocenters. The van der Waals surface area contributed by atoms with Gasteiger partial charge in [0.1, 0.15) is 17.9 Å². The van der Waals surface area contributed by atoms with E-state index in [1.54, 1.807) is 31.2 Å². The third-order valence-electron chi connectivity index (χ3n) is 2.83. The molecule has 21 heavy (non-hydrogen) atoms. The lowest BCUT2D eigenvalue weighted by atomic mass is 10.2. The fourth-order valence-corrected chi connectivity index (χ4v) is 1.72. The number of ether oxygens (including phenoxy) is 2. The summed E-state index contributed by atoms with van der Waals surface area (Å²) in [5.74, 6) is -0.681. The van der Waals surface area contributed by atoms with Crippen LogP contribution in [0, 0.1) is 0 Å². The molecule has 2 aromatic rings. The standard InChI is InChI=1S/C17H16O4/c1-2-16(18)21-15-11-7-6-10-14(15)17(19)20-12-13-8-4-3-5-9-13/h3-11H,2,12H2,1H3. The summed E-state index contributed by atoms with van der Waals surface area (Å²) in [5.41, 5.74) is 1.14. The van der Waals surface area contributed by atoms with Gasteiger partial charge in [-0.3, -0.25) is 4.79 Å². The zero-order valence-electron chi connectivity index (χ0n) is 11.7. The Morgan fingerprint density at radius 3 is 2.33 bits per heavy atom. The van der Waals surface area contributed by atoms with E-state index >= 15 is 0 Å². The van der Waals surface area contributed by atoms with Crippen LogP contribution in [-0.2, 0) is 16.1 Å². The van der Waals surface area contributed by atoms with Gasteiger partial charge in [-0.05, 0) is 17.7 Å². The molecule has 0 heterocycles. The molecule has 0 amide bonds. The number of hydrogen-bond acceptors (Lipinski definition) is 4. The lowest BCUT2D eigenvalue weighted by molar-refractivity contribution is -0.134. The van der Waals surface area contributed by atoms with E-state index in [1.165, 1.54) is 0 Å². The Bertz CT molecular complexity index is 620. The highest BCUT2D eigenvalue weighted by atomic mass is 16.5. The summed E-state index contributed by atoms with van der Waals surface area (Å²) in [7, 11) is 0. The van der Waals surface area contributed by atoms with Gasteiger partial charge in [-0.2, -0.15) is 0 Å². The van der Waals surface area contributed by atoms with E-state index in [0.717, 1.165) is 5.56 Å². The summed E-state index contributed by atoms with van der Waals surface area (Å²) in [4.78, 5) is 23.5. The highest BCUT2D eigenvalue weighted by Gasteiger charge is 2.15. The molecule has 0 radical (unpaired) electrons. The van der Waals surface area contributed by atoms with Crippen molar-refractivity contribution in [3.05, 3.63) is 65.7 Å². The molecule has 4 heteroatoms. The van der Waals surface area contributed by atoms with Gasteiger partial charge in [-0.1, -0.05) is 49.4 Å². The molecular formula is C17H16O4. The number of esters is 2. The van der Waals surface area contributed by atoms with Gasteiger partial charge in [-0.25, -0.2) is 4.79 Å². The zero-order chi connectivity index (χ0) is 15.1. The zero-order valence-corrected chi connectivity index (χ0v) is 11.7. The average molecular weight is 284 g/mol. The third-order valence-corrected chi connectivity index (χ3v) is 2.83. The van der Waals surface area contributed by atoms with Crippen LogP contribution in [0.2, 0.25) is 0 Å². The smallest absolute Gasteiger partial charge is 0.342 e. The van der Waals surface area contributed by atoms with E-state index < -0.39 is 11.9 Å². The fraction of sp³-hybridized carbons (Fsp3) is 0.176. The third kappa shape index (κ3) is 4.18. The van der Waals surface area contributed by atoms with Crippen LogP contribution in [0.15, 0.2) is 54.6 Å². The van der Waals surface area contributed by atoms with Crippen LogP contribution in [0.5, 0.6) is 5.75 Å². The Labute approximate surface area is 123 Å². The first-order valence-electron chi connectivity index (χ1n) is 6.71. The van der Waals surface area contributed by atoms with Crippen molar-refractivity contribution in [1.29, 1.82) is 0 Å². The minimum absolute atomic E-state index is 0.176. The predicted molar refractivity (Wildman–Crippen MR) is 77.9 cm³/mol. The Balaban J connectivity index is 2.07. The molecule has 0 unspecified atom stereocenters. The fourth-order valence-electron chi connectivity index (χ4n) is 1.72. The monoisotopic (exact) mass is 284 g/mol. The Kier molecular flexibility index (Phi) is 5.10. The number of benzene rings is 2. The highest BCUT2D eigenvalue weighted by molar-refractivity contribution is 5.93. The van der Waals surface area contributed by atoms with Gasteiger partial charge in [0.25, 0.3) is 0 Å². The lowest BCUT2D eigenvalue weighted by Gasteiger charge is -2.09. The molecule has 0 N–H and O–H groups in total. The summed E-state index contributed by atoms with van der Waals surface area (Å²) in [6, 6.07) is 15.9. The van der Waals surface area contributed by atoms with Gasteiger partial charge in [0.05, 0.1) is 0 Å². The molecule has 0 aliphatic carbocycles. The molecule has 0 aliphatic rings. The molecule has 2 aromatic carbocycles. The number of carbonyl (C=O) groups is 2. The van der Waals surface area contributed by atoms with Crippen molar-refractivity contribution in [3.63, 3.8) is 0 Å². The molecule has 2 rings (SSSR count). The summed E-state index contributed by atoms with van der Waals surface area (Å²) in [5, 5.41) is 0. The van der Waals surface area contributed by atoms with E-state index in [-0.39, 0.29) is 24.3 Å². The van der Waals surface area contributed by atoms with E-state index in [4.69, 9.17) is 9.47 Å². The van der Waals surface area contributed by atoms with Gasteiger partial charge in [0.2, 0.25) is 0 Å². The minimum Gasteiger partial charge on any atom is -0.457 e. The van der Waals surface area contributed by atoms with Crippen LogP contribution in [0.1, 0.15) is 29.3 Å². The Morgan fingerprint density at radius 2 is 1.62 bits per heavy atom. The molecule has 0 bridgehead atoms. The molecule has 0 saturated heterocycles. The van der Waals surface area contributed by atoms with E-state index in [2.05, 4.69) is 0 Å². The first-order chi connectivity index (χ1) is 10.2. The molecular weight excluding hydrogens is 268 g/mol. The Morgan fingerprint density at radius 1 is 0.952 bits per heavy atom. The second-order valence-corrected chi connectivity index (χ2v) is 4.39. The maximum absolute atomic E-state index is 12.1. The SMILES string of the molecule is CCC(=O)Oc1ccccc1C(=O)OCc1ccccc1. The normalized spacial score (nSPS) is 9.95. The summed E-state index contributed by atoms with van der Waals surface area (Å²) >= 11 is 0. The average Bonchev–Trinajstić information content (AvgIpc) is 2.54. The van der Waals surface area contributed by atoms with Crippen LogP contribution >= 0.6 is 0 Å². The van der Waals surface area contributed by atoms with Crippen LogP contribution in [0.25, 0.3) is 0 Å². The van der Waals surface area contributed by atoms with Gasteiger partial charge >= 0.3 is 11.9 Å². The van der Waals surface area contributed by atoms with Crippen LogP contribution in [0.4, 0.5) is 0 Å². The van der Waals surface area contributed by atoms with Crippen molar-refractivity contribution in [2.24, 2.45) is 0 Å². The summed E-state index contributed by atoms with van der Waals surface area (Å²) in [6.07, 6.45) is 0.243. The number of para-hydroxylation sites is 1. The van der Waals surface area contributed by atoms with Crippen molar-refractivity contribution in [2.75, 3.05) is 0 Å². The molecule has 0 aliphatic heterocycles. The van der Waals surface area contributed by atoms with Crippen molar-refractivity contribution in [3.8, 4) is 5.75 Å². The molecule has 108 valence electrons. The van der Waals surface area contributed by atoms with Crippen LogP contribution in [0.3, 0.4) is 0 Å². The molecule has 4 nitrogen and oxygen atoms in total. The molecule has 0 aromatic heterocycles. The largest absolute Gasteiger partial charge is 0.457 e. The first-order valence-corrected chi connectivity index (χ1v) is 6.71. The maximum Gasteiger partial charge on any atom is 0.342 e. The molecule has 0 saturated carbocycles. The minimum atomic E-state index is -0.515. The second-order valence-electron chi connectivity index (χ2n) is 4.39. The van der Waals surface area contributed by atoms with Gasteiger partial charge in [0.15, 0.2) is 0 Å². The molecule has 0 spiro atoms.